The highest BCUT2D eigenvalue weighted by Crippen LogP contribution is 2.41. The third-order valence-corrected chi connectivity index (χ3v) is 4.77. The van der Waals surface area contributed by atoms with Crippen molar-refractivity contribution >= 4 is 29.1 Å². The summed E-state index contributed by atoms with van der Waals surface area (Å²) in [5.41, 5.74) is 1.22. The van der Waals surface area contributed by atoms with E-state index in [2.05, 4.69) is 28.8 Å². The van der Waals surface area contributed by atoms with Gasteiger partial charge in [0.25, 0.3) is 0 Å². The zero-order valence-corrected chi connectivity index (χ0v) is 9.39. The first kappa shape index (κ1) is 8.93. The second-order valence-corrected chi connectivity index (χ2v) is 5.69. The molecule has 1 nitrogen and oxygen atoms in total. The molecule has 2 atom stereocenters. The predicted molar refractivity (Wildman–Crippen MR) is 63.4 cm³/mol. The Morgan fingerprint density at radius 1 is 1.36 bits per heavy atom. The number of benzene rings is 1. The fourth-order valence-corrected chi connectivity index (χ4v) is 4.06. The molecule has 2 heterocycles. The second kappa shape index (κ2) is 3.35. The second-order valence-electron chi connectivity index (χ2n) is 3.95. The molecule has 3 rings (SSSR count). The molecule has 0 N–H and O–H groups in total. The zero-order valence-electron chi connectivity index (χ0n) is 7.82. The van der Waals surface area contributed by atoms with Crippen LogP contribution in [0.4, 0.5) is 5.69 Å². The molecular formula is C11H12ClNS. The SMILES string of the molecule is Clc1ccccc1N1CC2CC1CS2. The summed E-state index contributed by atoms with van der Waals surface area (Å²) in [4.78, 5) is 2.48. The molecule has 2 aliphatic rings. The molecular weight excluding hydrogens is 214 g/mol. The van der Waals surface area contributed by atoms with Crippen LogP contribution >= 0.6 is 23.4 Å². The molecule has 0 aromatic heterocycles. The Balaban J connectivity index is 1.93. The quantitative estimate of drug-likeness (QED) is 0.723. The van der Waals surface area contributed by atoms with Crippen molar-refractivity contribution in [3.05, 3.63) is 29.3 Å². The lowest BCUT2D eigenvalue weighted by molar-refractivity contribution is 0.763. The van der Waals surface area contributed by atoms with E-state index in [1.54, 1.807) is 0 Å². The molecule has 14 heavy (non-hydrogen) atoms. The fourth-order valence-electron chi connectivity index (χ4n) is 2.38. The molecule has 0 amide bonds. The Hall–Kier alpha value is -0.340. The molecule has 0 saturated carbocycles. The number of hydrogen-bond donors (Lipinski definition) is 0. The molecule has 0 aliphatic carbocycles. The molecule has 2 saturated heterocycles. The van der Waals surface area contributed by atoms with Crippen LogP contribution < -0.4 is 4.90 Å². The maximum atomic E-state index is 6.19. The van der Waals surface area contributed by atoms with E-state index < -0.39 is 0 Å². The van der Waals surface area contributed by atoms with Gasteiger partial charge in [-0.3, -0.25) is 0 Å². The number of para-hydroxylation sites is 1. The first-order valence-electron chi connectivity index (χ1n) is 4.97. The lowest BCUT2D eigenvalue weighted by atomic mass is 10.2. The monoisotopic (exact) mass is 225 g/mol. The summed E-state index contributed by atoms with van der Waals surface area (Å²) >= 11 is 8.30. The van der Waals surface area contributed by atoms with Gasteiger partial charge in [0, 0.05) is 23.6 Å². The van der Waals surface area contributed by atoms with Crippen LogP contribution in [0.3, 0.4) is 0 Å². The molecule has 2 unspecified atom stereocenters. The Labute approximate surface area is 93.4 Å². The summed E-state index contributed by atoms with van der Waals surface area (Å²) in [5.74, 6) is 1.27. The lowest BCUT2D eigenvalue weighted by Gasteiger charge is -2.29. The third kappa shape index (κ3) is 1.32. The Morgan fingerprint density at radius 3 is 2.86 bits per heavy atom. The van der Waals surface area contributed by atoms with E-state index in [-0.39, 0.29) is 0 Å². The van der Waals surface area contributed by atoms with E-state index >= 15 is 0 Å². The molecule has 2 fully saturated rings. The summed E-state index contributed by atoms with van der Waals surface area (Å²) in [5, 5.41) is 1.74. The van der Waals surface area contributed by atoms with Crippen molar-refractivity contribution in [2.24, 2.45) is 0 Å². The molecule has 0 spiro atoms. The zero-order chi connectivity index (χ0) is 9.54. The van der Waals surface area contributed by atoms with Gasteiger partial charge in [0.1, 0.15) is 0 Å². The third-order valence-electron chi connectivity index (χ3n) is 3.06. The van der Waals surface area contributed by atoms with Crippen molar-refractivity contribution in [2.45, 2.75) is 17.7 Å². The van der Waals surface area contributed by atoms with Crippen LogP contribution in [0.5, 0.6) is 0 Å². The van der Waals surface area contributed by atoms with E-state index in [9.17, 15) is 0 Å². The minimum Gasteiger partial charge on any atom is -0.365 e. The summed E-state index contributed by atoms with van der Waals surface area (Å²) in [6.45, 7) is 1.18. The highest BCUT2D eigenvalue weighted by Gasteiger charge is 2.38. The van der Waals surface area contributed by atoms with Crippen molar-refractivity contribution in [1.29, 1.82) is 0 Å². The maximum Gasteiger partial charge on any atom is 0.0639 e. The first-order chi connectivity index (χ1) is 6.84. The van der Waals surface area contributed by atoms with Crippen molar-refractivity contribution in [3.63, 3.8) is 0 Å². The van der Waals surface area contributed by atoms with Crippen molar-refractivity contribution in [1.82, 2.24) is 0 Å². The van der Waals surface area contributed by atoms with Gasteiger partial charge >= 0.3 is 0 Å². The fraction of sp³-hybridized carbons (Fsp3) is 0.455. The van der Waals surface area contributed by atoms with Crippen LogP contribution in [0, 0.1) is 0 Å². The number of fused-ring (bicyclic) bond motifs is 2. The van der Waals surface area contributed by atoms with Crippen LogP contribution in [-0.2, 0) is 0 Å². The molecule has 74 valence electrons. The molecule has 2 bridgehead atoms. The van der Waals surface area contributed by atoms with Gasteiger partial charge < -0.3 is 4.90 Å². The van der Waals surface area contributed by atoms with Crippen LogP contribution in [0.15, 0.2) is 24.3 Å². The van der Waals surface area contributed by atoms with Gasteiger partial charge in [0.15, 0.2) is 0 Å². The van der Waals surface area contributed by atoms with E-state index in [1.807, 2.05) is 12.1 Å². The maximum absolute atomic E-state index is 6.19. The standard InChI is InChI=1S/C11H12ClNS/c12-10-3-1-2-4-11(10)13-6-9-5-8(13)7-14-9/h1-4,8-9H,5-7H2. The van der Waals surface area contributed by atoms with Gasteiger partial charge in [-0.1, -0.05) is 23.7 Å². The Morgan fingerprint density at radius 2 is 2.21 bits per heavy atom. The van der Waals surface area contributed by atoms with Gasteiger partial charge in [-0.15, -0.1) is 0 Å². The number of hydrogen-bond acceptors (Lipinski definition) is 2. The highest BCUT2D eigenvalue weighted by molar-refractivity contribution is 8.00. The van der Waals surface area contributed by atoms with Crippen LogP contribution in [0.25, 0.3) is 0 Å². The van der Waals surface area contributed by atoms with Gasteiger partial charge in [-0.2, -0.15) is 11.8 Å². The number of rotatable bonds is 1. The number of halogens is 1. The van der Waals surface area contributed by atoms with E-state index in [1.165, 1.54) is 24.4 Å². The summed E-state index contributed by atoms with van der Waals surface area (Å²) < 4.78 is 0. The molecule has 2 aliphatic heterocycles. The van der Waals surface area contributed by atoms with Crippen molar-refractivity contribution in [3.8, 4) is 0 Å². The van der Waals surface area contributed by atoms with Gasteiger partial charge in [-0.25, -0.2) is 0 Å². The van der Waals surface area contributed by atoms with Crippen molar-refractivity contribution in [2.75, 3.05) is 17.2 Å². The van der Waals surface area contributed by atoms with Gasteiger partial charge in [0.2, 0.25) is 0 Å². The largest absolute Gasteiger partial charge is 0.365 e. The predicted octanol–water partition coefficient (Wildman–Crippen LogP) is 3.03. The average Bonchev–Trinajstić information content (AvgIpc) is 2.79. The summed E-state index contributed by atoms with van der Waals surface area (Å²) in [6.07, 6.45) is 1.34. The highest BCUT2D eigenvalue weighted by atomic mass is 35.5. The molecule has 1 aromatic rings. The smallest absolute Gasteiger partial charge is 0.0639 e. The van der Waals surface area contributed by atoms with E-state index in [0.717, 1.165) is 16.3 Å². The molecule has 0 radical (unpaired) electrons. The molecule has 1 aromatic carbocycles. The van der Waals surface area contributed by atoms with Gasteiger partial charge in [0.05, 0.1) is 10.7 Å². The first-order valence-corrected chi connectivity index (χ1v) is 6.40. The minimum absolute atomic E-state index is 0.727. The number of thioether (sulfide) groups is 1. The summed E-state index contributed by atoms with van der Waals surface area (Å²) in [6, 6.07) is 8.91. The topological polar surface area (TPSA) is 3.24 Å². The van der Waals surface area contributed by atoms with Gasteiger partial charge in [-0.05, 0) is 18.6 Å². The summed E-state index contributed by atoms with van der Waals surface area (Å²) in [7, 11) is 0. The van der Waals surface area contributed by atoms with Crippen molar-refractivity contribution < 1.29 is 0 Å². The van der Waals surface area contributed by atoms with E-state index in [0.29, 0.717) is 0 Å². The van der Waals surface area contributed by atoms with Crippen LogP contribution in [0.2, 0.25) is 5.02 Å². The van der Waals surface area contributed by atoms with Crippen LogP contribution in [-0.4, -0.2) is 23.6 Å². The van der Waals surface area contributed by atoms with Crippen LogP contribution in [0.1, 0.15) is 6.42 Å². The molecule has 3 heteroatoms. The minimum atomic E-state index is 0.727. The number of anilines is 1. The lowest BCUT2D eigenvalue weighted by Crippen LogP contribution is -2.33. The Kier molecular flexibility index (Phi) is 2.14. The van der Waals surface area contributed by atoms with E-state index in [4.69, 9.17) is 11.6 Å². The Bertz CT molecular complexity index is 355. The number of nitrogens with zero attached hydrogens (tertiary/aromatic N) is 1. The normalized spacial score (nSPS) is 29.9. The average molecular weight is 226 g/mol.